The van der Waals surface area contributed by atoms with Crippen molar-refractivity contribution in [3.05, 3.63) is 65.5 Å². The monoisotopic (exact) mass is 273 g/mol. The Morgan fingerprint density at radius 3 is 2.50 bits per heavy atom. The minimum Gasteiger partial charge on any atom is -0.478 e. The lowest BCUT2D eigenvalue weighted by Crippen LogP contribution is -2.11. The first-order chi connectivity index (χ1) is 9.61. The summed E-state index contributed by atoms with van der Waals surface area (Å²) in [5.74, 6) is -1.69. The van der Waals surface area contributed by atoms with Gasteiger partial charge in [-0.05, 0) is 30.2 Å². The minimum atomic E-state index is -1.13. The van der Waals surface area contributed by atoms with E-state index in [0.717, 1.165) is 18.1 Å². The lowest BCUT2D eigenvalue weighted by molar-refractivity contribution is 0.0696. The molecule has 0 aliphatic carbocycles. The summed E-state index contributed by atoms with van der Waals surface area (Å²) in [6, 6.07) is 13.6. The number of rotatable bonds is 5. The third-order valence-corrected chi connectivity index (χ3v) is 3.16. The molecule has 0 saturated carbocycles. The molecule has 2 N–H and O–H groups in total. The lowest BCUT2D eigenvalue weighted by Gasteiger charge is -2.19. The van der Waals surface area contributed by atoms with E-state index in [0.29, 0.717) is 5.69 Å². The van der Waals surface area contributed by atoms with Crippen LogP contribution in [0.4, 0.5) is 10.1 Å². The molecule has 1 unspecified atom stereocenters. The van der Waals surface area contributed by atoms with Crippen molar-refractivity contribution in [2.45, 2.75) is 19.4 Å². The molecule has 0 heterocycles. The standard InChI is InChI=1S/C16H16FNO2/c1-2-14(11-6-4-3-5-7-11)18-15-9-8-12(16(19)20)10-13(15)17/h3-10,14,18H,2H2,1H3,(H,19,20). The van der Waals surface area contributed by atoms with Gasteiger partial charge in [0.2, 0.25) is 0 Å². The second kappa shape index (κ2) is 6.19. The number of aromatic carboxylic acids is 1. The van der Waals surface area contributed by atoms with Gasteiger partial charge in [-0.2, -0.15) is 0 Å². The summed E-state index contributed by atoms with van der Waals surface area (Å²) in [5.41, 5.74) is 1.32. The van der Waals surface area contributed by atoms with E-state index >= 15 is 0 Å². The van der Waals surface area contributed by atoms with Crippen molar-refractivity contribution in [1.82, 2.24) is 0 Å². The molecule has 0 radical (unpaired) electrons. The molecule has 3 nitrogen and oxygen atoms in total. The molecule has 0 saturated heterocycles. The van der Waals surface area contributed by atoms with Crippen LogP contribution in [0, 0.1) is 5.82 Å². The molecule has 0 spiro atoms. The molecule has 0 aromatic heterocycles. The highest BCUT2D eigenvalue weighted by molar-refractivity contribution is 5.88. The van der Waals surface area contributed by atoms with Gasteiger partial charge in [0.05, 0.1) is 17.3 Å². The van der Waals surface area contributed by atoms with Crippen molar-refractivity contribution in [1.29, 1.82) is 0 Å². The molecule has 1 atom stereocenters. The maximum atomic E-state index is 13.9. The number of hydrogen-bond acceptors (Lipinski definition) is 2. The second-order valence-corrected chi connectivity index (χ2v) is 4.52. The molecule has 20 heavy (non-hydrogen) atoms. The van der Waals surface area contributed by atoms with Crippen LogP contribution < -0.4 is 5.32 Å². The van der Waals surface area contributed by atoms with Crippen LogP contribution in [0.2, 0.25) is 0 Å². The topological polar surface area (TPSA) is 49.3 Å². The van der Waals surface area contributed by atoms with Crippen molar-refractivity contribution >= 4 is 11.7 Å². The normalized spacial score (nSPS) is 11.9. The van der Waals surface area contributed by atoms with E-state index in [1.165, 1.54) is 12.1 Å². The van der Waals surface area contributed by atoms with E-state index in [2.05, 4.69) is 5.32 Å². The zero-order valence-electron chi connectivity index (χ0n) is 11.1. The molecule has 4 heteroatoms. The molecular weight excluding hydrogens is 257 g/mol. The number of benzene rings is 2. The molecule has 0 aliphatic heterocycles. The molecule has 0 fully saturated rings. The van der Waals surface area contributed by atoms with Gasteiger partial charge in [-0.1, -0.05) is 37.3 Å². The number of halogens is 1. The van der Waals surface area contributed by atoms with Crippen molar-refractivity contribution < 1.29 is 14.3 Å². The minimum absolute atomic E-state index is 0.0126. The van der Waals surface area contributed by atoms with Gasteiger partial charge in [-0.25, -0.2) is 9.18 Å². The summed E-state index contributed by atoms with van der Waals surface area (Å²) in [6.45, 7) is 2.01. The average Bonchev–Trinajstić information content (AvgIpc) is 2.46. The first-order valence-corrected chi connectivity index (χ1v) is 6.46. The third-order valence-electron chi connectivity index (χ3n) is 3.16. The van der Waals surface area contributed by atoms with Gasteiger partial charge < -0.3 is 10.4 Å². The Bertz CT molecular complexity index is 599. The molecule has 0 amide bonds. The van der Waals surface area contributed by atoms with Gasteiger partial charge >= 0.3 is 5.97 Å². The van der Waals surface area contributed by atoms with Crippen molar-refractivity contribution in [2.75, 3.05) is 5.32 Å². The number of carbonyl (C=O) groups is 1. The fraction of sp³-hybridized carbons (Fsp3) is 0.188. The molecule has 2 aromatic rings. The zero-order valence-corrected chi connectivity index (χ0v) is 11.1. The predicted octanol–water partition coefficient (Wildman–Crippen LogP) is 4.09. The number of carboxylic acid groups (broad SMARTS) is 1. The van der Waals surface area contributed by atoms with Gasteiger partial charge in [0.1, 0.15) is 5.82 Å². The Balaban J connectivity index is 2.22. The Morgan fingerprint density at radius 1 is 1.25 bits per heavy atom. The van der Waals surface area contributed by atoms with Gasteiger partial charge in [0.25, 0.3) is 0 Å². The Hall–Kier alpha value is -2.36. The first-order valence-electron chi connectivity index (χ1n) is 6.46. The van der Waals surface area contributed by atoms with Gasteiger partial charge in [0, 0.05) is 0 Å². The summed E-state index contributed by atoms with van der Waals surface area (Å²) in [7, 11) is 0. The summed E-state index contributed by atoms with van der Waals surface area (Å²) in [4.78, 5) is 10.8. The summed E-state index contributed by atoms with van der Waals surface area (Å²) >= 11 is 0. The van der Waals surface area contributed by atoms with E-state index in [9.17, 15) is 9.18 Å². The van der Waals surface area contributed by atoms with E-state index < -0.39 is 11.8 Å². The number of hydrogen-bond donors (Lipinski definition) is 2. The average molecular weight is 273 g/mol. The smallest absolute Gasteiger partial charge is 0.335 e. The fourth-order valence-electron chi connectivity index (χ4n) is 2.06. The molecular formula is C16H16FNO2. The molecule has 2 rings (SSSR count). The van der Waals surface area contributed by atoms with Crippen LogP contribution in [0.5, 0.6) is 0 Å². The largest absolute Gasteiger partial charge is 0.478 e. The zero-order chi connectivity index (χ0) is 14.5. The Kier molecular flexibility index (Phi) is 4.35. The Morgan fingerprint density at radius 2 is 1.95 bits per heavy atom. The molecule has 0 aliphatic rings. The quantitative estimate of drug-likeness (QED) is 0.862. The van der Waals surface area contributed by atoms with Crippen molar-refractivity contribution in [3.63, 3.8) is 0 Å². The highest BCUT2D eigenvalue weighted by Crippen LogP contribution is 2.24. The van der Waals surface area contributed by atoms with Gasteiger partial charge in [0.15, 0.2) is 0 Å². The maximum absolute atomic E-state index is 13.9. The molecule has 0 bridgehead atoms. The summed E-state index contributed by atoms with van der Waals surface area (Å²) < 4.78 is 13.9. The lowest BCUT2D eigenvalue weighted by atomic mass is 10.0. The van der Waals surface area contributed by atoms with Gasteiger partial charge in [-0.3, -0.25) is 0 Å². The van der Waals surface area contributed by atoms with Gasteiger partial charge in [-0.15, -0.1) is 0 Å². The van der Waals surface area contributed by atoms with Crippen LogP contribution in [-0.4, -0.2) is 11.1 Å². The van der Waals surface area contributed by atoms with Crippen LogP contribution in [0.1, 0.15) is 35.3 Å². The fourth-order valence-corrected chi connectivity index (χ4v) is 2.06. The highest BCUT2D eigenvalue weighted by atomic mass is 19.1. The first kappa shape index (κ1) is 14.1. The van der Waals surface area contributed by atoms with Crippen LogP contribution in [0.25, 0.3) is 0 Å². The Labute approximate surface area is 117 Å². The van der Waals surface area contributed by atoms with Crippen LogP contribution in [0.15, 0.2) is 48.5 Å². The SMILES string of the molecule is CCC(Nc1ccc(C(=O)O)cc1F)c1ccccc1. The number of carboxylic acids is 1. The number of nitrogens with one attached hydrogen (secondary N) is 1. The van der Waals surface area contributed by atoms with Crippen LogP contribution in [0.3, 0.4) is 0 Å². The summed E-state index contributed by atoms with van der Waals surface area (Å²) in [5, 5.41) is 11.9. The third kappa shape index (κ3) is 3.15. The van der Waals surface area contributed by atoms with Crippen molar-refractivity contribution in [3.8, 4) is 0 Å². The predicted molar refractivity (Wildman–Crippen MR) is 76.5 cm³/mol. The molecule has 104 valence electrons. The second-order valence-electron chi connectivity index (χ2n) is 4.52. The van der Waals surface area contributed by atoms with Crippen molar-refractivity contribution in [2.24, 2.45) is 0 Å². The van der Waals surface area contributed by atoms with E-state index in [1.54, 1.807) is 0 Å². The maximum Gasteiger partial charge on any atom is 0.335 e. The van der Waals surface area contributed by atoms with E-state index in [-0.39, 0.29) is 11.6 Å². The number of anilines is 1. The van der Waals surface area contributed by atoms with E-state index in [1.807, 2.05) is 37.3 Å². The van der Waals surface area contributed by atoms with E-state index in [4.69, 9.17) is 5.11 Å². The van der Waals surface area contributed by atoms with Crippen LogP contribution in [-0.2, 0) is 0 Å². The highest BCUT2D eigenvalue weighted by Gasteiger charge is 2.13. The van der Waals surface area contributed by atoms with Crippen LogP contribution >= 0.6 is 0 Å². The molecule has 2 aromatic carbocycles. The summed E-state index contributed by atoms with van der Waals surface area (Å²) in [6.07, 6.45) is 0.796.